The molecule has 1 unspecified atom stereocenters. The smallest absolute Gasteiger partial charge is 0.199 e. The molecule has 2 heterocycles. The van der Waals surface area contributed by atoms with Crippen LogP contribution in [0.1, 0.15) is 18.8 Å². The van der Waals surface area contributed by atoms with Crippen LogP contribution >= 0.6 is 12.2 Å². The Morgan fingerprint density at radius 2 is 2.00 bits per heavy atom. The molecule has 1 aromatic carbocycles. The number of rotatable bonds is 3. The van der Waals surface area contributed by atoms with Gasteiger partial charge in [0.1, 0.15) is 6.04 Å². The molecule has 0 saturated carbocycles. The number of hydrogen-bond acceptors (Lipinski definition) is 3. The number of aromatic amines is 1. The Morgan fingerprint density at radius 1 is 1.21 bits per heavy atom. The number of nitrogens with zero attached hydrogens (tertiary/aromatic N) is 4. The van der Waals surface area contributed by atoms with Crippen molar-refractivity contribution in [1.82, 2.24) is 24.5 Å². The molecular formula is C13H13N5S. The van der Waals surface area contributed by atoms with Gasteiger partial charge in [0, 0.05) is 18.1 Å². The minimum Gasteiger partial charge on any atom is -0.270 e. The topological polar surface area (TPSA) is 51.4 Å². The zero-order chi connectivity index (χ0) is 13.2. The maximum absolute atomic E-state index is 5.32. The number of para-hydroxylation sites is 1. The van der Waals surface area contributed by atoms with Crippen molar-refractivity contribution in [2.75, 3.05) is 0 Å². The summed E-state index contributed by atoms with van der Waals surface area (Å²) in [6.07, 6.45) is 3.67. The van der Waals surface area contributed by atoms with Gasteiger partial charge in [-0.2, -0.15) is 10.2 Å². The maximum Gasteiger partial charge on any atom is 0.199 e. The van der Waals surface area contributed by atoms with Crippen LogP contribution in [0.5, 0.6) is 0 Å². The van der Waals surface area contributed by atoms with Crippen molar-refractivity contribution in [2.45, 2.75) is 13.0 Å². The Kier molecular flexibility index (Phi) is 3.00. The minimum absolute atomic E-state index is 0.00292. The summed E-state index contributed by atoms with van der Waals surface area (Å²) in [6.45, 7) is 2.04. The molecule has 0 fully saturated rings. The summed E-state index contributed by atoms with van der Waals surface area (Å²) >= 11 is 5.32. The lowest BCUT2D eigenvalue weighted by molar-refractivity contribution is 0.527. The first-order chi connectivity index (χ1) is 9.27. The van der Waals surface area contributed by atoms with Crippen molar-refractivity contribution in [3.8, 4) is 5.69 Å². The van der Waals surface area contributed by atoms with E-state index in [0.717, 1.165) is 11.5 Å². The molecule has 0 spiro atoms. The average molecular weight is 271 g/mol. The predicted octanol–water partition coefficient (Wildman–Crippen LogP) is 2.74. The summed E-state index contributed by atoms with van der Waals surface area (Å²) in [5.41, 5.74) is 0.996. The van der Waals surface area contributed by atoms with Crippen molar-refractivity contribution in [2.24, 2.45) is 0 Å². The molecule has 0 radical (unpaired) electrons. The number of aromatic nitrogens is 5. The van der Waals surface area contributed by atoms with Crippen molar-refractivity contribution in [3.05, 3.63) is 59.4 Å². The molecule has 6 heteroatoms. The van der Waals surface area contributed by atoms with Gasteiger partial charge >= 0.3 is 0 Å². The van der Waals surface area contributed by atoms with E-state index in [1.165, 1.54) is 0 Å². The van der Waals surface area contributed by atoms with Gasteiger partial charge in [-0.25, -0.2) is 0 Å². The fourth-order valence-electron chi connectivity index (χ4n) is 2.04. The molecule has 3 aromatic rings. The first-order valence-electron chi connectivity index (χ1n) is 5.99. The van der Waals surface area contributed by atoms with Gasteiger partial charge in [0.2, 0.25) is 0 Å². The lowest BCUT2D eigenvalue weighted by Gasteiger charge is -2.13. The molecular weight excluding hydrogens is 258 g/mol. The third kappa shape index (κ3) is 2.10. The molecule has 0 bridgehead atoms. The summed E-state index contributed by atoms with van der Waals surface area (Å²) in [5.74, 6) is 0.833. The van der Waals surface area contributed by atoms with Crippen LogP contribution in [-0.2, 0) is 0 Å². The lowest BCUT2D eigenvalue weighted by atomic mass is 10.3. The Balaban J connectivity index is 2.12. The number of H-pyrrole nitrogens is 1. The summed E-state index contributed by atoms with van der Waals surface area (Å²) in [6, 6.07) is 11.8. The van der Waals surface area contributed by atoms with Crippen LogP contribution in [0.15, 0.2) is 48.8 Å². The second-order valence-electron chi connectivity index (χ2n) is 4.22. The summed E-state index contributed by atoms with van der Waals surface area (Å²) < 4.78 is 4.37. The van der Waals surface area contributed by atoms with E-state index in [9.17, 15) is 0 Å². The van der Waals surface area contributed by atoms with E-state index in [2.05, 4.69) is 15.3 Å². The largest absolute Gasteiger partial charge is 0.270 e. The van der Waals surface area contributed by atoms with Crippen LogP contribution in [0.25, 0.3) is 5.69 Å². The maximum atomic E-state index is 5.32. The summed E-state index contributed by atoms with van der Waals surface area (Å²) in [4.78, 5) is 0. The van der Waals surface area contributed by atoms with E-state index in [-0.39, 0.29) is 6.04 Å². The Morgan fingerprint density at radius 3 is 2.68 bits per heavy atom. The second-order valence-corrected chi connectivity index (χ2v) is 4.61. The van der Waals surface area contributed by atoms with Crippen LogP contribution in [0.4, 0.5) is 0 Å². The van der Waals surface area contributed by atoms with E-state index < -0.39 is 0 Å². The third-order valence-electron chi connectivity index (χ3n) is 3.01. The minimum atomic E-state index is 0.00292. The monoisotopic (exact) mass is 271 g/mol. The second kappa shape index (κ2) is 4.81. The van der Waals surface area contributed by atoms with Crippen molar-refractivity contribution < 1.29 is 0 Å². The quantitative estimate of drug-likeness (QED) is 0.745. The van der Waals surface area contributed by atoms with Crippen molar-refractivity contribution in [1.29, 1.82) is 0 Å². The molecule has 19 heavy (non-hydrogen) atoms. The van der Waals surface area contributed by atoms with E-state index >= 15 is 0 Å². The van der Waals surface area contributed by atoms with Crippen molar-refractivity contribution in [3.63, 3.8) is 0 Å². The number of hydrogen-bond donors (Lipinski definition) is 1. The van der Waals surface area contributed by atoms with Crippen LogP contribution in [0.2, 0.25) is 0 Å². The molecule has 1 atom stereocenters. The van der Waals surface area contributed by atoms with Gasteiger partial charge in [-0.15, -0.1) is 0 Å². The molecule has 5 nitrogen and oxygen atoms in total. The molecule has 0 aliphatic carbocycles. The molecule has 0 saturated heterocycles. The van der Waals surface area contributed by atoms with Gasteiger partial charge in [0.25, 0.3) is 0 Å². The first-order valence-corrected chi connectivity index (χ1v) is 6.40. The van der Waals surface area contributed by atoms with Crippen LogP contribution in [0, 0.1) is 4.77 Å². The predicted molar refractivity (Wildman–Crippen MR) is 74.8 cm³/mol. The highest BCUT2D eigenvalue weighted by Gasteiger charge is 2.16. The highest BCUT2D eigenvalue weighted by molar-refractivity contribution is 7.71. The van der Waals surface area contributed by atoms with Gasteiger partial charge in [-0.3, -0.25) is 14.3 Å². The highest BCUT2D eigenvalue weighted by atomic mass is 32.1. The molecule has 96 valence electrons. The molecule has 0 aliphatic heterocycles. The fourth-order valence-corrected chi connectivity index (χ4v) is 2.29. The van der Waals surface area contributed by atoms with Gasteiger partial charge in [-0.1, -0.05) is 18.2 Å². The van der Waals surface area contributed by atoms with E-state index in [4.69, 9.17) is 12.2 Å². The van der Waals surface area contributed by atoms with Crippen LogP contribution in [0.3, 0.4) is 0 Å². The zero-order valence-electron chi connectivity index (χ0n) is 10.4. The normalized spacial score (nSPS) is 12.5. The molecule has 3 rings (SSSR count). The van der Waals surface area contributed by atoms with Gasteiger partial charge in [-0.05, 0) is 37.3 Å². The Bertz CT molecular complexity index is 711. The highest BCUT2D eigenvalue weighted by Crippen LogP contribution is 2.19. The lowest BCUT2D eigenvalue weighted by Crippen LogP contribution is -2.13. The van der Waals surface area contributed by atoms with Crippen LogP contribution in [-0.4, -0.2) is 24.5 Å². The standard InChI is InChI=1S/C13H13N5S/c1-10(17-9-5-8-14-17)12-15-16-13(19)18(12)11-6-3-2-4-7-11/h2-10H,1H3,(H,16,19). The third-order valence-corrected chi connectivity index (χ3v) is 3.28. The first kappa shape index (κ1) is 11.9. The van der Waals surface area contributed by atoms with Gasteiger partial charge in [0.05, 0.1) is 0 Å². The molecule has 1 N–H and O–H groups in total. The van der Waals surface area contributed by atoms with E-state index in [0.29, 0.717) is 4.77 Å². The van der Waals surface area contributed by atoms with Gasteiger partial charge in [0.15, 0.2) is 10.6 Å². The van der Waals surface area contributed by atoms with Crippen molar-refractivity contribution >= 4 is 12.2 Å². The molecule has 0 amide bonds. The Labute approximate surface area is 115 Å². The summed E-state index contributed by atoms with van der Waals surface area (Å²) in [5, 5.41) is 11.4. The molecule has 0 aliphatic rings. The van der Waals surface area contributed by atoms with Crippen LogP contribution < -0.4 is 0 Å². The SMILES string of the molecule is CC(c1n[nH]c(=S)n1-c1ccccc1)n1cccn1. The Hall–Kier alpha value is -2.21. The number of benzene rings is 1. The number of nitrogens with one attached hydrogen (secondary N) is 1. The summed E-state index contributed by atoms with van der Waals surface area (Å²) in [7, 11) is 0. The zero-order valence-corrected chi connectivity index (χ0v) is 11.2. The fraction of sp³-hybridized carbons (Fsp3) is 0.154. The van der Waals surface area contributed by atoms with E-state index in [1.54, 1.807) is 6.20 Å². The molecule has 2 aromatic heterocycles. The van der Waals surface area contributed by atoms with Gasteiger partial charge < -0.3 is 0 Å². The average Bonchev–Trinajstić information content (AvgIpc) is 3.08. The van der Waals surface area contributed by atoms with E-state index in [1.807, 2.05) is 58.8 Å².